The molecule has 1 aromatic rings. The minimum Gasteiger partial charge on any atom is -0.434 e. The van der Waals surface area contributed by atoms with Gasteiger partial charge in [0.1, 0.15) is 12.2 Å². The number of aliphatic hydroxyl groups is 2. The van der Waals surface area contributed by atoms with Crippen LogP contribution in [0.5, 0.6) is 0 Å². The first-order valence-electron chi connectivity index (χ1n) is 15.3. The number of aliphatic hydroxyl groups excluding tert-OH is 2. The Morgan fingerprint density at radius 1 is 1.12 bits per heavy atom. The predicted octanol–water partition coefficient (Wildman–Crippen LogP) is 5.07. The second kappa shape index (κ2) is 20.5. The standard InChI is InChI=1S/C32H48N2O9/c1-3-33-31(37)17-10-5-4-9-16-27-28(30(36)23-29(27)35)21-20-26(19-18-25-14-7-6-8-15-25)42-32(38)41-22-12-11-13-24(2)43-34(39)40/h4,6-9,14-15,20-21,24,26-30,35-36H,3,5,10-13,16-19,22-23H2,1-2H3,(H,33,37)/b9-4-,21-20+/t24-,26+,27-,28-,29+,30-/m1/s1. The summed E-state index contributed by atoms with van der Waals surface area (Å²) in [6.07, 6.45) is 9.86. The Bertz CT molecular complexity index is 1020. The highest BCUT2D eigenvalue weighted by Gasteiger charge is 2.39. The lowest BCUT2D eigenvalue weighted by atomic mass is 9.89. The van der Waals surface area contributed by atoms with E-state index in [9.17, 15) is 29.9 Å². The normalized spacial score (nSPS) is 21.5. The van der Waals surface area contributed by atoms with Crippen molar-refractivity contribution in [2.45, 2.75) is 102 Å². The maximum Gasteiger partial charge on any atom is 0.508 e. The number of unbranched alkanes of at least 4 members (excludes halogenated alkanes) is 2. The Balaban J connectivity index is 1.92. The molecule has 0 radical (unpaired) electrons. The average molecular weight is 605 g/mol. The third-order valence-electron chi connectivity index (χ3n) is 7.49. The molecule has 240 valence electrons. The molecule has 2 rings (SSSR count). The molecule has 11 heteroatoms. The highest BCUT2D eigenvalue weighted by Crippen LogP contribution is 2.36. The first-order chi connectivity index (χ1) is 20.7. The van der Waals surface area contributed by atoms with Crippen molar-refractivity contribution in [2.75, 3.05) is 13.2 Å². The van der Waals surface area contributed by atoms with E-state index in [1.807, 2.05) is 55.5 Å². The number of nitrogens with zero attached hydrogens (tertiary/aromatic N) is 1. The van der Waals surface area contributed by atoms with E-state index in [1.165, 1.54) is 0 Å². The average Bonchev–Trinajstić information content (AvgIpc) is 3.23. The van der Waals surface area contributed by atoms with Crippen LogP contribution in [-0.4, -0.2) is 64.9 Å². The molecule has 1 aliphatic carbocycles. The third-order valence-corrected chi connectivity index (χ3v) is 7.49. The number of allylic oxidation sites excluding steroid dienone is 2. The summed E-state index contributed by atoms with van der Waals surface area (Å²) in [6, 6.07) is 9.82. The van der Waals surface area contributed by atoms with Crippen LogP contribution in [0.1, 0.15) is 77.2 Å². The molecule has 43 heavy (non-hydrogen) atoms. The largest absolute Gasteiger partial charge is 0.508 e. The summed E-state index contributed by atoms with van der Waals surface area (Å²) in [5.74, 6) is -0.454. The van der Waals surface area contributed by atoms with Crippen LogP contribution in [0, 0.1) is 22.0 Å². The minimum atomic E-state index is -0.815. The van der Waals surface area contributed by atoms with Crippen molar-refractivity contribution >= 4 is 12.1 Å². The van der Waals surface area contributed by atoms with Gasteiger partial charge >= 0.3 is 6.16 Å². The van der Waals surface area contributed by atoms with Gasteiger partial charge in [0.2, 0.25) is 5.91 Å². The van der Waals surface area contributed by atoms with Gasteiger partial charge in [-0.2, -0.15) is 0 Å². The quantitative estimate of drug-likeness (QED) is 0.0607. The fourth-order valence-corrected chi connectivity index (χ4v) is 5.19. The molecular formula is C32H48N2O9. The summed E-state index contributed by atoms with van der Waals surface area (Å²) in [6.45, 7) is 4.24. The van der Waals surface area contributed by atoms with E-state index in [0.29, 0.717) is 51.5 Å². The number of aryl methyl sites for hydroxylation is 1. The van der Waals surface area contributed by atoms with Crippen molar-refractivity contribution in [3.8, 4) is 0 Å². The number of rotatable bonds is 20. The van der Waals surface area contributed by atoms with Gasteiger partial charge in [0, 0.05) is 25.3 Å². The predicted molar refractivity (Wildman–Crippen MR) is 161 cm³/mol. The molecule has 1 saturated carbocycles. The van der Waals surface area contributed by atoms with E-state index in [-0.39, 0.29) is 30.8 Å². The maximum absolute atomic E-state index is 12.5. The molecule has 1 aliphatic rings. The topological polar surface area (TPSA) is 157 Å². The fourth-order valence-electron chi connectivity index (χ4n) is 5.19. The molecule has 1 aromatic carbocycles. The van der Waals surface area contributed by atoms with Crippen LogP contribution >= 0.6 is 0 Å². The molecule has 11 nitrogen and oxygen atoms in total. The van der Waals surface area contributed by atoms with Crippen LogP contribution in [-0.2, 0) is 25.5 Å². The smallest absolute Gasteiger partial charge is 0.434 e. The highest BCUT2D eigenvalue weighted by molar-refractivity contribution is 5.75. The van der Waals surface area contributed by atoms with Gasteiger partial charge in [0.05, 0.1) is 18.8 Å². The van der Waals surface area contributed by atoms with E-state index in [2.05, 4.69) is 10.2 Å². The van der Waals surface area contributed by atoms with Crippen LogP contribution < -0.4 is 5.32 Å². The van der Waals surface area contributed by atoms with Crippen molar-refractivity contribution in [2.24, 2.45) is 11.8 Å². The van der Waals surface area contributed by atoms with Crippen molar-refractivity contribution in [1.82, 2.24) is 5.32 Å². The number of hydrogen-bond donors (Lipinski definition) is 3. The molecule has 0 spiro atoms. The molecule has 0 aromatic heterocycles. The first kappa shape index (κ1) is 35.8. The Labute approximate surface area is 254 Å². The van der Waals surface area contributed by atoms with Gasteiger partial charge in [-0.1, -0.05) is 48.6 Å². The summed E-state index contributed by atoms with van der Waals surface area (Å²) in [7, 11) is 0. The number of nitrogens with one attached hydrogen (secondary N) is 1. The van der Waals surface area contributed by atoms with E-state index in [0.717, 1.165) is 18.4 Å². The number of amides is 1. The van der Waals surface area contributed by atoms with Crippen LogP contribution in [0.15, 0.2) is 54.6 Å². The van der Waals surface area contributed by atoms with Gasteiger partial charge in [0.25, 0.3) is 5.09 Å². The van der Waals surface area contributed by atoms with Gasteiger partial charge in [-0.15, -0.1) is 10.1 Å². The first-order valence-corrected chi connectivity index (χ1v) is 15.3. The molecule has 1 amide bonds. The lowest BCUT2D eigenvalue weighted by molar-refractivity contribution is -0.767. The Morgan fingerprint density at radius 3 is 2.60 bits per heavy atom. The Morgan fingerprint density at radius 2 is 1.88 bits per heavy atom. The summed E-state index contributed by atoms with van der Waals surface area (Å²) in [4.78, 5) is 38.9. The van der Waals surface area contributed by atoms with Crippen LogP contribution in [0.2, 0.25) is 0 Å². The zero-order chi connectivity index (χ0) is 31.5. The molecule has 0 aliphatic heterocycles. The van der Waals surface area contributed by atoms with E-state index in [4.69, 9.17) is 9.47 Å². The molecule has 6 atom stereocenters. The van der Waals surface area contributed by atoms with Crippen molar-refractivity contribution in [1.29, 1.82) is 0 Å². The second-order valence-electron chi connectivity index (χ2n) is 11.0. The second-order valence-corrected chi connectivity index (χ2v) is 11.0. The molecule has 1 fully saturated rings. The number of hydrogen-bond acceptors (Lipinski definition) is 9. The van der Waals surface area contributed by atoms with Crippen molar-refractivity contribution in [3.05, 3.63) is 70.3 Å². The summed E-state index contributed by atoms with van der Waals surface area (Å²) in [5, 5.41) is 33.7. The minimum absolute atomic E-state index is 0.0401. The lowest BCUT2D eigenvalue weighted by Crippen LogP contribution is -2.22. The molecule has 0 unspecified atom stereocenters. The van der Waals surface area contributed by atoms with Gasteiger partial charge < -0.3 is 29.8 Å². The molecule has 3 N–H and O–H groups in total. The maximum atomic E-state index is 12.5. The molecule has 0 heterocycles. The molecule has 0 saturated heterocycles. The Hall–Kier alpha value is -3.44. The zero-order valence-electron chi connectivity index (χ0n) is 25.3. The van der Waals surface area contributed by atoms with E-state index >= 15 is 0 Å². The van der Waals surface area contributed by atoms with Crippen LogP contribution in [0.4, 0.5) is 4.79 Å². The van der Waals surface area contributed by atoms with Crippen molar-refractivity contribution < 1.29 is 39.2 Å². The number of benzene rings is 1. The summed E-state index contributed by atoms with van der Waals surface area (Å²) >= 11 is 0. The molecule has 0 bridgehead atoms. The van der Waals surface area contributed by atoms with Crippen LogP contribution in [0.25, 0.3) is 0 Å². The van der Waals surface area contributed by atoms with Crippen LogP contribution in [0.3, 0.4) is 0 Å². The zero-order valence-corrected chi connectivity index (χ0v) is 25.3. The number of ether oxygens (including phenoxy) is 2. The van der Waals surface area contributed by atoms with Gasteiger partial charge in [0.15, 0.2) is 0 Å². The van der Waals surface area contributed by atoms with Gasteiger partial charge in [-0.25, -0.2) is 4.79 Å². The number of carbonyl (C=O) groups excluding carboxylic acids is 2. The highest BCUT2D eigenvalue weighted by atomic mass is 17.0. The van der Waals surface area contributed by atoms with E-state index in [1.54, 1.807) is 13.0 Å². The SMILES string of the molecule is CCNC(=O)CCC/C=C\C[C@@H]1[C@@H](/C=C/[C@H](CCc2ccccc2)OC(=O)OCCCC[C@@H](C)O[N+](=O)[O-])[C@H](O)C[C@@H]1O. The summed E-state index contributed by atoms with van der Waals surface area (Å²) < 4.78 is 10.9. The summed E-state index contributed by atoms with van der Waals surface area (Å²) in [5.41, 5.74) is 1.09. The monoisotopic (exact) mass is 604 g/mol. The Kier molecular flexibility index (Phi) is 17.0. The molecular weight excluding hydrogens is 556 g/mol. The number of carbonyl (C=O) groups is 2. The third kappa shape index (κ3) is 15.0. The lowest BCUT2D eigenvalue weighted by Gasteiger charge is -2.21. The van der Waals surface area contributed by atoms with E-state index < -0.39 is 35.7 Å². The fraction of sp³-hybridized carbons (Fsp3) is 0.625. The van der Waals surface area contributed by atoms with Gasteiger partial charge in [-0.3, -0.25) is 4.79 Å². The van der Waals surface area contributed by atoms with Gasteiger partial charge in [-0.05, 0) is 82.8 Å². The van der Waals surface area contributed by atoms with Crippen molar-refractivity contribution in [3.63, 3.8) is 0 Å².